The number of carbonyl (C=O) groups excluding carboxylic acids is 1. The molecule has 0 spiro atoms. The number of nitrogens with zero attached hydrogens (tertiary/aromatic N) is 3. The fourth-order valence-electron chi connectivity index (χ4n) is 2.34. The zero-order chi connectivity index (χ0) is 18.4. The van der Waals surface area contributed by atoms with E-state index in [0.717, 1.165) is 5.69 Å². The lowest BCUT2D eigenvalue weighted by Gasteiger charge is -2.09. The third kappa shape index (κ3) is 4.60. The van der Waals surface area contributed by atoms with E-state index in [2.05, 4.69) is 25.6 Å². The third-order valence-corrected chi connectivity index (χ3v) is 3.64. The van der Waals surface area contributed by atoms with Crippen molar-refractivity contribution in [3.8, 4) is 0 Å². The van der Waals surface area contributed by atoms with Gasteiger partial charge in [-0.1, -0.05) is 24.3 Å². The Labute approximate surface area is 150 Å². The number of halogens is 1. The molecule has 0 saturated carbocycles. The van der Waals surface area contributed by atoms with E-state index in [0.29, 0.717) is 17.8 Å². The summed E-state index contributed by atoms with van der Waals surface area (Å²) < 4.78 is 13.7. The van der Waals surface area contributed by atoms with Gasteiger partial charge in [0.2, 0.25) is 5.95 Å². The van der Waals surface area contributed by atoms with Gasteiger partial charge in [-0.3, -0.25) is 9.78 Å². The van der Waals surface area contributed by atoms with E-state index in [9.17, 15) is 9.18 Å². The monoisotopic (exact) mass is 351 g/mol. The van der Waals surface area contributed by atoms with Crippen LogP contribution in [0.3, 0.4) is 0 Å². The van der Waals surface area contributed by atoms with E-state index in [1.165, 1.54) is 6.07 Å². The second-order valence-corrected chi connectivity index (χ2v) is 5.67. The predicted molar refractivity (Wildman–Crippen MR) is 95.9 cm³/mol. The van der Waals surface area contributed by atoms with Crippen LogP contribution in [-0.2, 0) is 13.1 Å². The first kappa shape index (κ1) is 17.5. The van der Waals surface area contributed by atoms with Crippen molar-refractivity contribution in [1.29, 1.82) is 0 Å². The van der Waals surface area contributed by atoms with Crippen LogP contribution < -0.4 is 10.6 Å². The highest BCUT2D eigenvalue weighted by Gasteiger charge is 2.11. The summed E-state index contributed by atoms with van der Waals surface area (Å²) in [5.74, 6) is -0.354. The molecule has 1 aromatic carbocycles. The Balaban J connectivity index is 1.67. The lowest BCUT2D eigenvalue weighted by molar-refractivity contribution is 0.0945. The van der Waals surface area contributed by atoms with Crippen LogP contribution >= 0.6 is 0 Å². The minimum absolute atomic E-state index is 0.227. The SMILES string of the molecule is Cc1cc(C(=O)NCc2ccccn2)nc(NCc2ccccc2F)n1. The van der Waals surface area contributed by atoms with Gasteiger partial charge in [0.05, 0.1) is 12.2 Å². The second-order valence-electron chi connectivity index (χ2n) is 5.67. The average molecular weight is 351 g/mol. The van der Waals surface area contributed by atoms with Gasteiger partial charge in [0.15, 0.2) is 0 Å². The Hall–Kier alpha value is -3.35. The Morgan fingerprint density at radius 2 is 1.88 bits per heavy atom. The number of nitrogens with one attached hydrogen (secondary N) is 2. The van der Waals surface area contributed by atoms with Gasteiger partial charge in [-0.15, -0.1) is 0 Å². The minimum atomic E-state index is -0.324. The van der Waals surface area contributed by atoms with Crippen LogP contribution in [0.4, 0.5) is 10.3 Å². The fraction of sp³-hybridized carbons (Fsp3) is 0.158. The number of aryl methyl sites for hydroxylation is 1. The summed E-state index contributed by atoms with van der Waals surface area (Å²) in [7, 11) is 0. The molecule has 0 bridgehead atoms. The number of carbonyl (C=O) groups is 1. The Bertz CT molecular complexity index is 901. The summed E-state index contributed by atoms with van der Waals surface area (Å²) in [4.78, 5) is 24.9. The van der Waals surface area contributed by atoms with Gasteiger partial charge in [0.1, 0.15) is 11.5 Å². The highest BCUT2D eigenvalue weighted by Crippen LogP contribution is 2.10. The Morgan fingerprint density at radius 3 is 2.65 bits per heavy atom. The molecule has 2 N–H and O–H groups in total. The van der Waals surface area contributed by atoms with Crippen molar-refractivity contribution in [3.05, 3.63) is 83.2 Å². The summed E-state index contributed by atoms with van der Waals surface area (Å²) in [6.07, 6.45) is 1.67. The highest BCUT2D eigenvalue weighted by atomic mass is 19.1. The summed E-state index contributed by atoms with van der Waals surface area (Å²) in [6, 6.07) is 13.6. The molecule has 0 radical (unpaired) electrons. The van der Waals surface area contributed by atoms with Gasteiger partial charge in [-0.2, -0.15) is 0 Å². The molecule has 2 heterocycles. The Morgan fingerprint density at radius 1 is 1.08 bits per heavy atom. The fourth-order valence-corrected chi connectivity index (χ4v) is 2.34. The third-order valence-electron chi connectivity index (χ3n) is 3.64. The number of hydrogen-bond acceptors (Lipinski definition) is 5. The minimum Gasteiger partial charge on any atom is -0.350 e. The molecule has 0 aliphatic heterocycles. The van der Waals surface area contributed by atoms with Crippen LogP contribution in [0, 0.1) is 12.7 Å². The van der Waals surface area contributed by atoms with Gasteiger partial charge < -0.3 is 10.6 Å². The van der Waals surface area contributed by atoms with E-state index in [-0.39, 0.29) is 29.9 Å². The molecule has 0 aliphatic rings. The smallest absolute Gasteiger partial charge is 0.270 e. The maximum absolute atomic E-state index is 13.7. The maximum Gasteiger partial charge on any atom is 0.270 e. The van der Waals surface area contributed by atoms with Crippen LogP contribution in [0.25, 0.3) is 0 Å². The number of aromatic nitrogens is 3. The molecular formula is C19H18FN5O. The molecule has 3 aromatic rings. The Kier molecular flexibility index (Phi) is 5.48. The van der Waals surface area contributed by atoms with Gasteiger partial charge >= 0.3 is 0 Å². The van der Waals surface area contributed by atoms with E-state index in [1.807, 2.05) is 18.2 Å². The lowest BCUT2D eigenvalue weighted by atomic mass is 10.2. The first-order chi connectivity index (χ1) is 12.6. The quantitative estimate of drug-likeness (QED) is 0.714. The number of anilines is 1. The second kappa shape index (κ2) is 8.15. The van der Waals surface area contributed by atoms with Crippen molar-refractivity contribution < 1.29 is 9.18 Å². The van der Waals surface area contributed by atoms with Crippen LogP contribution in [-0.4, -0.2) is 20.9 Å². The molecule has 0 unspecified atom stereocenters. The molecule has 3 rings (SSSR count). The first-order valence-electron chi connectivity index (χ1n) is 8.13. The van der Waals surface area contributed by atoms with E-state index >= 15 is 0 Å². The molecule has 132 valence electrons. The van der Waals surface area contributed by atoms with Crippen molar-refractivity contribution in [2.45, 2.75) is 20.0 Å². The molecular weight excluding hydrogens is 333 g/mol. The van der Waals surface area contributed by atoms with Crippen LogP contribution in [0.1, 0.15) is 27.4 Å². The average Bonchev–Trinajstić information content (AvgIpc) is 2.66. The lowest BCUT2D eigenvalue weighted by Crippen LogP contribution is -2.25. The molecule has 26 heavy (non-hydrogen) atoms. The van der Waals surface area contributed by atoms with Gasteiger partial charge in [-0.25, -0.2) is 14.4 Å². The molecule has 1 amide bonds. The van der Waals surface area contributed by atoms with E-state index < -0.39 is 0 Å². The van der Waals surface area contributed by atoms with E-state index in [1.54, 1.807) is 37.4 Å². The molecule has 0 aliphatic carbocycles. The molecule has 6 nitrogen and oxygen atoms in total. The topological polar surface area (TPSA) is 79.8 Å². The zero-order valence-electron chi connectivity index (χ0n) is 14.2. The van der Waals surface area contributed by atoms with E-state index in [4.69, 9.17) is 0 Å². The molecule has 7 heteroatoms. The standard InChI is InChI=1S/C19H18FN5O/c1-13-10-17(18(26)22-12-15-7-4-5-9-21-15)25-19(24-13)23-11-14-6-2-3-8-16(14)20/h2-10H,11-12H2,1H3,(H,22,26)(H,23,24,25). The van der Waals surface area contributed by atoms with Gasteiger partial charge in [0, 0.05) is 24.0 Å². The van der Waals surface area contributed by atoms with Crippen LogP contribution in [0.2, 0.25) is 0 Å². The van der Waals surface area contributed by atoms with Crippen molar-refractivity contribution in [3.63, 3.8) is 0 Å². The largest absolute Gasteiger partial charge is 0.350 e. The predicted octanol–water partition coefficient (Wildman–Crippen LogP) is 2.86. The van der Waals surface area contributed by atoms with Crippen LogP contribution in [0.5, 0.6) is 0 Å². The van der Waals surface area contributed by atoms with Gasteiger partial charge in [-0.05, 0) is 31.2 Å². The summed E-state index contributed by atoms with van der Waals surface area (Å²) in [5, 5.41) is 5.73. The number of benzene rings is 1. The zero-order valence-corrected chi connectivity index (χ0v) is 14.2. The molecule has 0 saturated heterocycles. The van der Waals surface area contributed by atoms with Crippen molar-refractivity contribution in [2.75, 3.05) is 5.32 Å². The molecule has 0 atom stereocenters. The summed E-state index contributed by atoms with van der Waals surface area (Å²) >= 11 is 0. The summed E-state index contributed by atoms with van der Waals surface area (Å²) in [5.41, 5.74) is 2.13. The molecule has 2 aromatic heterocycles. The summed E-state index contributed by atoms with van der Waals surface area (Å²) in [6.45, 7) is 2.30. The number of hydrogen-bond donors (Lipinski definition) is 2. The maximum atomic E-state index is 13.7. The number of amides is 1. The van der Waals surface area contributed by atoms with Crippen molar-refractivity contribution >= 4 is 11.9 Å². The molecule has 0 fully saturated rings. The van der Waals surface area contributed by atoms with Gasteiger partial charge in [0.25, 0.3) is 5.91 Å². The number of rotatable bonds is 6. The van der Waals surface area contributed by atoms with Crippen LogP contribution in [0.15, 0.2) is 54.7 Å². The number of pyridine rings is 1. The highest BCUT2D eigenvalue weighted by molar-refractivity contribution is 5.92. The normalized spacial score (nSPS) is 10.4. The first-order valence-corrected chi connectivity index (χ1v) is 8.13. The van der Waals surface area contributed by atoms with Crippen molar-refractivity contribution in [1.82, 2.24) is 20.3 Å². The van der Waals surface area contributed by atoms with Crippen molar-refractivity contribution in [2.24, 2.45) is 0 Å².